The lowest BCUT2D eigenvalue weighted by Gasteiger charge is -2.29. The van der Waals surface area contributed by atoms with Gasteiger partial charge < -0.3 is 10.2 Å². The number of nitrogens with one attached hydrogen (secondary N) is 1. The molecule has 0 saturated heterocycles. The van der Waals surface area contributed by atoms with E-state index in [1.807, 2.05) is 13.8 Å². The summed E-state index contributed by atoms with van der Waals surface area (Å²) in [5.74, 6) is -1.04. The predicted octanol–water partition coefficient (Wildman–Crippen LogP) is 5.18. The lowest BCUT2D eigenvalue weighted by atomic mass is 10.1. The molecule has 0 fully saturated rings. The molecule has 0 bridgehead atoms. The SMILES string of the molecule is CCC(C)NC(=O)C(C)N(Cc1ccc(F)cc1)C(=O)CSCc1c(F)cccc1Cl. The van der Waals surface area contributed by atoms with Crippen LogP contribution in [-0.2, 0) is 21.9 Å². The Morgan fingerprint density at radius 3 is 2.42 bits per heavy atom. The quantitative estimate of drug-likeness (QED) is 0.522. The molecular formula is C23H27ClF2N2O2S. The molecule has 0 aliphatic rings. The number of hydrogen-bond donors (Lipinski definition) is 1. The summed E-state index contributed by atoms with van der Waals surface area (Å²) in [7, 11) is 0. The Kier molecular flexibility index (Phi) is 9.78. The maximum absolute atomic E-state index is 14.0. The number of hydrogen-bond acceptors (Lipinski definition) is 3. The van der Waals surface area contributed by atoms with Crippen molar-refractivity contribution in [2.45, 2.75) is 51.6 Å². The fourth-order valence-corrected chi connectivity index (χ4v) is 4.08. The Morgan fingerprint density at radius 1 is 1.13 bits per heavy atom. The summed E-state index contributed by atoms with van der Waals surface area (Å²) in [5.41, 5.74) is 1.05. The molecule has 0 spiro atoms. The normalized spacial score (nSPS) is 12.8. The summed E-state index contributed by atoms with van der Waals surface area (Å²) < 4.78 is 27.2. The molecule has 2 amide bonds. The van der Waals surface area contributed by atoms with Crippen LogP contribution in [0.5, 0.6) is 0 Å². The molecule has 2 atom stereocenters. The van der Waals surface area contributed by atoms with Crippen molar-refractivity contribution in [2.75, 3.05) is 5.75 Å². The van der Waals surface area contributed by atoms with E-state index in [-0.39, 0.29) is 41.7 Å². The average molecular weight is 469 g/mol. The summed E-state index contributed by atoms with van der Waals surface area (Å²) in [6.45, 7) is 5.68. The van der Waals surface area contributed by atoms with Gasteiger partial charge in [0.05, 0.1) is 5.75 Å². The van der Waals surface area contributed by atoms with Gasteiger partial charge in [0.15, 0.2) is 0 Å². The van der Waals surface area contributed by atoms with E-state index in [0.717, 1.165) is 6.42 Å². The molecule has 8 heteroatoms. The van der Waals surface area contributed by atoms with Crippen LogP contribution < -0.4 is 5.32 Å². The maximum Gasteiger partial charge on any atom is 0.242 e. The van der Waals surface area contributed by atoms with Crippen LogP contribution in [0.3, 0.4) is 0 Å². The summed E-state index contributed by atoms with van der Waals surface area (Å²) in [4.78, 5) is 27.1. The van der Waals surface area contributed by atoms with E-state index in [0.29, 0.717) is 16.1 Å². The number of halogens is 3. The number of nitrogens with zero attached hydrogens (tertiary/aromatic N) is 1. The Morgan fingerprint density at radius 2 is 1.81 bits per heavy atom. The molecule has 0 aromatic heterocycles. The van der Waals surface area contributed by atoms with Gasteiger partial charge in [-0.3, -0.25) is 9.59 Å². The minimum Gasteiger partial charge on any atom is -0.352 e. The first-order valence-electron chi connectivity index (χ1n) is 10.1. The molecule has 1 N–H and O–H groups in total. The molecule has 2 unspecified atom stereocenters. The van der Waals surface area contributed by atoms with Crippen molar-refractivity contribution in [1.82, 2.24) is 10.2 Å². The topological polar surface area (TPSA) is 49.4 Å². The first-order chi connectivity index (χ1) is 14.7. The van der Waals surface area contributed by atoms with Crippen LogP contribution in [0.15, 0.2) is 42.5 Å². The zero-order valence-corrected chi connectivity index (χ0v) is 19.4. The van der Waals surface area contributed by atoms with E-state index in [1.54, 1.807) is 25.1 Å². The smallest absolute Gasteiger partial charge is 0.242 e. The largest absolute Gasteiger partial charge is 0.352 e. The summed E-state index contributed by atoms with van der Waals surface area (Å²) in [5, 5.41) is 3.20. The van der Waals surface area contributed by atoms with Gasteiger partial charge in [-0.1, -0.05) is 36.7 Å². The molecule has 168 valence electrons. The molecule has 0 heterocycles. The first kappa shape index (κ1) is 25.1. The lowest BCUT2D eigenvalue weighted by Crippen LogP contribution is -2.50. The van der Waals surface area contributed by atoms with Crippen molar-refractivity contribution in [2.24, 2.45) is 0 Å². The van der Waals surface area contributed by atoms with Gasteiger partial charge in [0.25, 0.3) is 0 Å². The lowest BCUT2D eigenvalue weighted by molar-refractivity contribution is -0.138. The van der Waals surface area contributed by atoms with Gasteiger partial charge >= 0.3 is 0 Å². The molecule has 2 aromatic rings. The van der Waals surface area contributed by atoms with Gasteiger partial charge in [0.1, 0.15) is 17.7 Å². The molecule has 2 aromatic carbocycles. The minimum atomic E-state index is -0.718. The number of benzene rings is 2. The van der Waals surface area contributed by atoms with Gasteiger partial charge in [-0.2, -0.15) is 0 Å². The second kappa shape index (κ2) is 12.1. The van der Waals surface area contributed by atoms with E-state index < -0.39 is 11.9 Å². The Balaban J connectivity index is 2.11. The second-order valence-electron chi connectivity index (χ2n) is 7.33. The van der Waals surface area contributed by atoms with Gasteiger partial charge in [-0.15, -0.1) is 11.8 Å². The van der Waals surface area contributed by atoms with Crippen molar-refractivity contribution in [3.05, 3.63) is 70.2 Å². The van der Waals surface area contributed by atoms with Crippen LogP contribution in [0.1, 0.15) is 38.3 Å². The van der Waals surface area contributed by atoms with Crippen LogP contribution in [0.25, 0.3) is 0 Å². The molecule has 0 aliphatic heterocycles. The molecular weight excluding hydrogens is 442 g/mol. The fourth-order valence-electron chi connectivity index (χ4n) is 2.83. The van der Waals surface area contributed by atoms with Crippen LogP contribution >= 0.6 is 23.4 Å². The predicted molar refractivity (Wildman–Crippen MR) is 122 cm³/mol. The van der Waals surface area contributed by atoms with E-state index >= 15 is 0 Å². The van der Waals surface area contributed by atoms with Crippen LogP contribution in [0, 0.1) is 11.6 Å². The third-order valence-electron chi connectivity index (χ3n) is 4.97. The monoisotopic (exact) mass is 468 g/mol. The van der Waals surface area contributed by atoms with Gasteiger partial charge in [-0.25, -0.2) is 8.78 Å². The van der Waals surface area contributed by atoms with Crippen molar-refractivity contribution < 1.29 is 18.4 Å². The van der Waals surface area contributed by atoms with Gasteiger partial charge in [0.2, 0.25) is 11.8 Å². The van der Waals surface area contributed by atoms with E-state index in [1.165, 1.54) is 40.9 Å². The van der Waals surface area contributed by atoms with Gasteiger partial charge in [-0.05, 0) is 50.1 Å². The Bertz CT molecular complexity index is 875. The highest BCUT2D eigenvalue weighted by Crippen LogP contribution is 2.24. The van der Waals surface area contributed by atoms with Gasteiger partial charge in [0, 0.05) is 28.9 Å². The molecule has 2 rings (SSSR count). The number of rotatable bonds is 10. The summed E-state index contributed by atoms with van der Waals surface area (Å²) >= 11 is 7.27. The van der Waals surface area contributed by atoms with Crippen molar-refractivity contribution in [3.8, 4) is 0 Å². The second-order valence-corrected chi connectivity index (χ2v) is 8.73. The van der Waals surface area contributed by atoms with Crippen LogP contribution in [0.4, 0.5) is 8.78 Å². The van der Waals surface area contributed by atoms with Crippen molar-refractivity contribution >= 4 is 35.2 Å². The standard InChI is InChI=1S/C23H27ClF2N2O2S/c1-4-15(2)27-23(30)16(3)28(12-17-8-10-18(25)11-9-17)22(29)14-31-13-19-20(24)6-5-7-21(19)26/h5-11,15-16H,4,12-14H2,1-3H3,(H,27,30). The number of carbonyl (C=O) groups is 2. The maximum atomic E-state index is 14.0. The van der Waals surface area contributed by atoms with Crippen LogP contribution in [0.2, 0.25) is 5.02 Å². The zero-order valence-electron chi connectivity index (χ0n) is 17.8. The number of carbonyl (C=O) groups excluding carboxylic acids is 2. The Hall–Kier alpha value is -2.12. The highest BCUT2D eigenvalue weighted by Gasteiger charge is 2.26. The third kappa shape index (κ3) is 7.51. The molecule has 0 saturated carbocycles. The van der Waals surface area contributed by atoms with E-state index in [2.05, 4.69) is 5.32 Å². The Labute approximate surface area is 191 Å². The van der Waals surface area contributed by atoms with Crippen molar-refractivity contribution in [3.63, 3.8) is 0 Å². The zero-order chi connectivity index (χ0) is 23.0. The average Bonchev–Trinajstić information content (AvgIpc) is 2.74. The first-order valence-corrected chi connectivity index (χ1v) is 11.6. The van der Waals surface area contributed by atoms with E-state index in [9.17, 15) is 18.4 Å². The minimum absolute atomic E-state index is 0.0182. The molecule has 4 nitrogen and oxygen atoms in total. The number of thioether (sulfide) groups is 1. The fraction of sp³-hybridized carbons (Fsp3) is 0.391. The van der Waals surface area contributed by atoms with Crippen LogP contribution in [-0.4, -0.2) is 34.6 Å². The molecule has 0 radical (unpaired) electrons. The highest BCUT2D eigenvalue weighted by atomic mass is 35.5. The van der Waals surface area contributed by atoms with E-state index in [4.69, 9.17) is 11.6 Å². The molecule has 0 aliphatic carbocycles. The summed E-state index contributed by atoms with van der Waals surface area (Å²) in [6, 6.07) is 9.52. The highest BCUT2D eigenvalue weighted by molar-refractivity contribution is 7.99. The summed E-state index contributed by atoms with van der Waals surface area (Å²) in [6.07, 6.45) is 0.767. The van der Waals surface area contributed by atoms with Crippen molar-refractivity contribution in [1.29, 1.82) is 0 Å². The number of amides is 2. The third-order valence-corrected chi connectivity index (χ3v) is 6.27. The molecule has 31 heavy (non-hydrogen) atoms.